The van der Waals surface area contributed by atoms with E-state index in [9.17, 15) is 4.39 Å². The summed E-state index contributed by atoms with van der Waals surface area (Å²) in [5.74, 6) is 0.443. The molecule has 0 aliphatic heterocycles. The Morgan fingerprint density at radius 3 is 2.60 bits per heavy atom. The maximum atomic E-state index is 12.9. The van der Waals surface area contributed by atoms with Crippen LogP contribution >= 0.6 is 22.6 Å². The lowest BCUT2D eigenvalue weighted by Crippen LogP contribution is -1.91. The summed E-state index contributed by atoms with van der Waals surface area (Å²) in [5.41, 5.74) is 7.86. The maximum absolute atomic E-state index is 12.9. The van der Waals surface area contributed by atoms with Crippen molar-refractivity contribution in [3.05, 3.63) is 51.9 Å². The Labute approximate surface area is 127 Å². The SMILES string of the molecule is Nc1ccc(I)cc1-c1nc(-c2ccc(F)cc2)no1. The highest BCUT2D eigenvalue weighted by Gasteiger charge is 2.13. The van der Waals surface area contributed by atoms with Gasteiger partial charge in [0.05, 0.1) is 5.56 Å². The van der Waals surface area contributed by atoms with E-state index in [0.29, 0.717) is 28.5 Å². The minimum atomic E-state index is -0.306. The van der Waals surface area contributed by atoms with E-state index in [1.54, 1.807) is 18.2 Å². The number of benzene rings is 2. The predicted molar refractivity (Wildman–Crippen MR) is 82.3 cm³/mol. The first-order chi connectivity index (χ1) is 9.63. The molecule has 0 spiro atoms. The average Bonchev–Trinajstić information content (AvgIpc) is 2.92. The highest BCUT2D eigenvalue weighted by Crippen LogP contribution is 2.28. The molecule has 20 heavy (non-hydrogen) atoms. The largest absolute Gasteiger partial charge is 0.398 e. The van der Waals surface area contributed by atoms with Gasteiger partial charge in [-0.25, -0.2) is 4.39 Å². The monoisotopic (exact) mass is 381 g/mol. The first-order valence-corrected chi connectivity index (χ1v) is 6.86. The van der Waals surface area contributed by atoms with Crippen molar-refractivity contribution < 1.29 is 8.91 Å². The van der Waals surface area contributed by atoms with Crippen molar-refractivity contribution in [2.45, 2.75) is 0 Å². The van der Waals surface area contributed by atoms with Crippen molar-refractivity contribution >= 4 is 28.3 Å². The van der Waals surface area contributed by atoms with Crippen LogP contribution in [-0.2, 0) is 0 Å². The molecular formula is C14H9FIN3O. The average molecular weight is 381 g/mol. The minimum Gasteiger partial charge on any atom is -0.398 e. The molecule has 0 aliphatic carbocycles. The van der Waals surface area contributed by atoms with E-state index in [0.717, 1.165) is 3.57 Å². The zero-order valence-corrected chi connectivity index (χ0v) is 12.3. The summed E-state index contributed by atoms with van der Waals surface area (Å²) >= 11 is 2.18. The molecule has 3 rings (SSSR count). The van der Waals surface area contributed by atoms with Crippen molar-refractivity contribution in [1.82, 2.24) is 10.1 Å². The Balaban J connectivity index is 2.01. The molecule has 0 atom stereocenters. The van der Waals surface area contributed by atoms with E-state index < -0.39 is 0 Å². The number of rotatable bonds is 2. The molecule has 0 fully saturated rings. The normalized spacial score (nSPS) is 10.7. The molecule has 6 heteroatoms. The highest BCUT2D eigenvalue weighted by atomic mass is 127. The number of hydrogen-bond donors (Lipinski definition) is 1. The van der Waals surface area contributed by atoms with Gasteiger partial charge in [0.15, 0.2) is 0 Å². The number of halogens is 2. The number of anilines is 1. The molecule has 100 valence electrons. The second kappa shape index (κ2) is 5.20. The van der Waals surface area contributed by atoms with E-state index in [1.807, 2.05) is 12.1 Å². The van der Waals surface area contributed by atoms with Gasteiger partial charge in [0.1, 0.15) is 5.82 Å². The fourth-order valence-electron chi connectivity index (χ4n) is 1.76. The fraction of sp³-hybridized carbons (Fsp3) is 0. The second-order valence-corrected chi connectivity index (χ2v) is 5.41. The van der Waals surface area contributed by atoms with Crippen LogP contribution in [0.25, 0.3) is 22.8 Å². The molecule has 0 bridgehead atoms. The summed E-state index contributed by atoms with van der Waals surface area (Å²) in [5, 5.41) is 3.90. The van der Waals surface area contributed by atoms with Crippen LogP contribution in [0.5, 0.6) is 0 Å². The molecule has 2 aromatic carbocycles. The van der Waals surface area contributed by atoms with Crippen LogP contribution in [0.15, 0.2) is 47.0 Å². The Bertz CT molecular complexity index is 755. The van der Waals surface area contributed by atoms with Crippen LogP contribution in [0.4, 0.5) is 10.1 Å². The van der Waals surface area contributed by atoms with Crippen molar-refractivity contribution in [1.29, 1.82) is 0 Å². The van der Waals surface area contributed by atoms with E-state index >= 15 is 0 Å². The van der Waals surface area contributed by atoms with Crippen molar-refractivity contribution in [3.8, 4) is 22.8 Å². The Hall–Kier alpha value is -1.96. The third kappa shape index (κ3) is 2.51. The topological polar surface area (TPSA) is 64.9 Å². The van der Waals surface area contributed by atoms with Gasteiger partial charge in [-0.1, -0.05) is 5.16 Å². The third-order valence-electron chi connectivity index (χ3n) is 2.77. The Morgan fingerprint density at radius 1 is 1.10 bits per heavy atom. The molecule has 3 aromatic rings. The standard InChI is InChI=1S/C14H9FIN3O/c15-9-3-1-8(2-4-9)13-18-14(20-19-13)11-7-10(16)5-6-12(11)17/h1-7H,17H2. The van der Waals surface area contributed by atoms with Crippen LogP contribution in [0, 0.1) is 9.39 Å². The van der Waals surface area contributed by atoms with Crippen LogP contribution < -0.4 is 5.73 Å². The summed E-state index contributed by atoms with van der Waals surface area (Å²) in [6, 6.07) is 11.5. The number of nitrogens with two attached hydrogens (primary N) is 1. The van der Waals surface area contributed by atoms with Gasteiger partial charge in [0.2, 0.25) is 5.82 Å². The molecule has 0 unspecified atom stereocenters. The van der Waals surface area contributed by atoms with Gasteiger partial charge in [-0.2, -0.15) is 4.98 Å². The number of nitrogens with zero attached hydrogens (tertiary/aromatic N) is 2. The van der Waals surface area contributed by atoms with Gasteiger partial charge in [0, 0.05) is 14.8 Å². The molecule has 1 aromatic heterocycles. The maximum Gasteiger partial charge on any atom is 0.260 e. The number of hydrogen-bond acceptors (Lipinski definition) is 4. The Kier molecular flexibility index (Phi) is 3.39. The molecule has 0 radical (unpaired) electrons. The first-order valence-electron chi connectivity index (χ1n) is 5.78. The lowest BCUT2D eigenvalue weighted by Gasteiger charge is -2.00. The van der Waals surface area contributed by atoms with E-state index in [-0.39, 0.29) is 5.82 Å². The van der Waals surface area contributed by atoms with Gasteiger partial charge >= 0.3 is 0 Å². The van der Waals surface area contributed by atoms with Gasteiger partial charge in [-0.3, -0.25) is 0 Å². The van der Waals surface area contributed by atoms with Gasteiger partial charge in [-0.05, 0) is 65.1 Å². The van der Waals surface area contributed by atoms with Gasteiger partial charge in [0.25, 0.3) is 5.89 Å². The van der Waals surface area contributed by atoms with Crippen LogP contribution in [-0.4, -0.2) is 10.1 Å². The predicted octanol–water partition coefficient (Wildman–Crippen LogP) is 3.73. The molecule has 0 saturated carbocycles. The zero-order valence-electron chi connectivity index (χ0n) is 10.2. The smallest absolute Gasteiger partial charge is 0.260 e. The highest BCUT2D eigenvalue weighted by molar-refractivity contribution is 14.1. The summed E-state index contributed by atoms with van der Waals surface area (Å²) in [6.07, 6.45) is 0. The molecule has 0 amide bonds. The summed E-state index contributed by atoms with van der Waals surface area (Å²) in [6.45, 7) is 0. The summed E-state index contributed by atoms with van der Waals surface area (Å²) in [4.78, 5) is 4.30. The molecule has 2 N–H and O–H groups in total. The molecule has 1 heterocycles. The molecule has 4 nitrogen and oxygen atoms in total. The van der Waals surface area contributed by atoms with Gasteiger partial charge < -0.3 is 10.3 Å². The molecule has 0 aliphatic rings. The first kappa shape index (κ1) is 13.0. The molecular weight excluding hydrogens is 372 g/mol. The van der Waals surface area contributed by atoms with E-state index in [1.165, 1.54) is 12.1 Å². The van der Waals surface area contributed by atoms with Gasteiger partial charge in [-0.15, -0.1) is 0 Å². The van der Waals surface area contributed by atoms with Crippen LogP contribution in [0.2, 0.25) is 0 Å². The minimum absolute atomic E-state index is 0.306. The van der Waals surface area contributed by atoms with E-state index in [2.05, 4.69) is 32.7 Å². The molecule has 0 saturated heterocycles. The third-order valence-corrected chi connectivity index (χ3v) is 3.45. The quantitative estimate of drug-likeness (QED) is 0.543. The van der Waals surface area contributed by atoms with E-state index in [4.69, 9.17) is 10.3 Å². The Morgan fingerprint density at radius 2 is 1.85 bits per heavy atom. The number of nitrogen functional groups attached to an aromatic ring is 1. The van der Waals surface area contributed by atoms with Crippen LogP contribution in [0.1, 0.15) is 0 Å². The lowest BCUT2D eigenvalue weighted by atomic mass is 10.2. The van der Waals surface area contributed by atoms with Crippen LogP contribution in [0.3, 0.4) is 0 Å². The fourth-order valence-corrected chi connectivity index (χ4v) is 2.25. The lowest BCUT2D eigenvalue weighted by molar-refractivity contribution is 0.432. The van der Waals surface area contributed by atoms with Crippen molar-refractivity contribution in [3.63, 3.8) is 0 Å². The zero-order chi connectivity index (χ0) is 14.1. The summed E-state index contributed by atoms with van der Waals surface area (Å²) in [7, 11) is 0. The number of aromatic nitrogens is 2. The summed E-state index contributed by atoms with van der Waals surface area (Å²) < 4.78 is 19.1. The second-order valence-electron chi connectivity index (χ2n) is 4.16. The van der Waals surface area contributed by atoms with Crippen molar-refractivity contribution in [2.24, 2.45) is 0 Å². The van der Waals surface area contributed by atoms with Crippen molar-refractivity contribution in [2.75, 3.05) is 5.73 Å².